The number of rotatable bonds is 4. The largest absolute Gasteiger partial charge is 0.331 e. The molecule has 0 saturated heterocycles. The van der Waals surface area contributed by atoms with Crippen molar-refractivity contribution < 1.29 is 0 Å². The predicted molar refractivity (Wildman–Crippen MR) is 109 cm³/mol. The van der Waals surface area contributed by atoms with E-state index in [1.54, 1.807) is 16.4 Å². The van der Waals surface area contributed by atoms with E-state index < -0.39 is 0 Å². The van der Waals surface area contributed by atoms with Gasteiger partial charge in [-0.2, -0.15) is 4.68 Å². The standard InChI is InChI=1S/C20H21N7S/c1-11-21-12(2)27(25-11)18-10-16(23-20(24-18)28-4)13-9-14(13)19-22-15-7-5-6-8-17(15)26(19)3/h5-8,10,13-14H,9H2,1-4H3/t13-,14-/m0/s1. The Morgan fingerprint density at radius 3 is 2.57 bits per heavy atom. The van der Waals surface area contributed by atoms with Crippen LogP contribution in [0.2, 0.25) is 0 Å². The molecule has 3 aromatic heterocycles. The van der Waals surface area contributed by atoms with Crippen LogP contribution >= 0.6 is 11.8 Å². The third-order valence-electron chi connectivity index (χ3n) is 5.31. The van der Waals surface area contributed by atoms with Crippen LogP contribution < -0.4 is 0 Å². The highest BCUT2D eigenvalue weighted by molar-refractivity contribution is 7.98. The van der Waals surface area contributed by atoms with E-state index in [1.165, 1.54) is 5.52 Å². The predicted octanol–water partition coefficient (Wildman–Crippen LogP) is 3.55. The number of benzene rings is 1. The average molecular weight is 392 g/mol. The molecule has 28 heavy (non-hydrogen) atoms. The number of hydrogen-bond donors (Lipinski definition) is 0. The molecule has 0 bridgehead atoms. The lowest BCUT2D eigenvalue weighted by Crippen LogP contribution is -2.06. The molecule has 8 heteroatoms. The highest BCUT2D eigenvalue weighted by Gasteiger charge is 2.44. The molecule has 4 aromatic rings. The van der Waals surface area contributed by atoms with Gasteiger partial charge in [-0.05, 0) is 38.7 Å². The van der Waals surface area contributed by atoms with Crippen LogP contribution in [0.1, 0.15) is 41.4 Å². The number of thioether (sulfide) groups is 1. The van der Waals surface area contributed by atoms with E-state index in [0.29, 0.717) is 11.8 Å². The van der Waals surface area contributed by atoms with Gasteiger partial charge in [-0.1, -0.05) is 23.9 Å². The number of aromatic nitrogens is 7. The number of para-hydroxylation sites is 2. The van der Waals surface area contributed by atoms with E-state index in [9.17, 15) is 0 Å². The maximum absolute atomic E-state index is 4.88. The smallest absolute Gasteiger partial charge is 0.189 e. The van der Waals surface area contributed by atoms with Crippen molar-refractivity contribution in [2.75, 3.05) is 6.26 Å². The van der Waals surface area contributed by atoms with Gasteiger partial charge in [0, 0.05) is 24.9 Å². The summed E-state index contributed by atoms with van der Waals surface area (Å²) in [5, 5.41) is 5.25. The lowest BCUT2D eigenvalue weighted by molar-refractivity contribution is 0.750. The second kappa shape index (κ2) is 6.41. The average Bonchev–Trinajstić information content (AvgIpc) is 3.33. The first-order valence-corrected chi connectivity index (χ1v) is 10.5. The Labute approximate surface area is 167 Å². The van der Waals surface area contributed by atoms with Gasteiger partial charge in [0.25, 0.3) is 0 Å². The lowest BCUT2D eigenvalue weighted by atomic mass is 10.2. The molecule has 2 atom stereocenters. The fourth-order valence-corrected chi connectivity index (χ4v) is 4.24. The number of nitrogens with zero attached hydrogens (tertiary/aromatic N) is 7. The molecule has 0 unspecified atom stereocenters. The molecule has 3 heterocycles. The van der Waals surface area contributed by atoms with E-state index in [1.807, 2.05) is 32.2 Å². The van der Waals surface area contributed by atoms with Crippen molar-refractivity contribution in [2.45, 2.75) is 37.3 Å². The van der Waals surface area contributed by atoms with Crippen molar-refractivity contribution in [3.05, 3.63) is 53.5 Å². The summed E-state index contributed by atoms with van der Waals surface area (Å²) in [5.41, 5.74) is 3.27. The third-order valence-corrected chi connectivity index (χ3v) is 5.86. The summed E-state index contributed by atoms with van der Waals surface area (Å²) in [7, 11) is 2.10. The highest BCUT2D eigenvalue weighted by Crippen LogP contribution is 2.54. The van der Waals surface area contributed by atoms with Crippen LogP contribution in [0.15, 0.2) is 35.5 Å². The summed E-state index contributed by atoms with van der Waals surface area (Å²) in [6.45, 7) is 3.84. The number of imidazole rings is 1. The number of hydrogen-bond acceptors (Lipinski definition) is 6. The van der Waals surface area contributed by atoms with Gasteiger partial charge < -0.3 is 4.57 Å². The molecule has 1 aliphatic rings. The van der Waals surface area contributed by atoms with Gasteiger partial charge in [0.2, 0.25) is 0 Å². The van der Waals surface area contributed by atoms with E-state index in [-0.39, 0.29) is 0 Å². The van der Waals surface area contributed by atoms with E-state index in [2.05, 4.69) is 44.9 Å². The summed E-state index contributed by atoms with van der Waals surface area (Å²) in [5.74, 6) is 4.22. The summed E-state index contributed by atoms with van der Waals surface area (Å²) in [6, 6.07) is 10.3. The van der Waals surface area contributed by atoms with E-state index >= 15 is 0 Å². The molecule has 7 nitrogen and oxygen atoms in total. The Bertz CT molecular complexity index is 1190. The molecule has 1 fully saturated rings. The van der Waals surface area contributed by atoms with Crippen LogP contribution in [0, 0.1) is 13.8 Å². The van der Waals surface area contributed by atoms with Crippen molar-refractivity contribution in [1.29, 1.82) is 0 Å². The van der Waals surface area contributed by atoms with Gasteiger partial charge >= 0.3 is 0 Å². The quantitative estimate of drug-likeness (QED) is 0.391. The molecule has 5 rings (SSSR count). The van der Waals surface area contributed by atoms with Crippen LogP contribution in [0.4, 0.5) is 0 Å². The van der Waals surface area contributed by atoms with Gasteiger partial charge in [-0.3, -0.25) is 0 Å². The second-order valence-corrected chi connectivity index (χ2v) is 8.00. The molecule has 1 aromatic carbocycles. The summed E-state index contributed by atoms with van der Waals surface area (Å²) >= 11 is 1.55. The zero-order chi connectivity index (χ0) is 19.4. The Hall–Kier alpha value is -2.74. The first-order chi connectivity index (χ1) is 13.5. The van der Waals surface area contributed by atoms with Gasteiger partial charge in [0.05, 0.1) is 16.7 Å². The molecule has 0 amide bonds. The Morgan fingerprint density at radius 1 is 1.04 bits per heavy atom. The van der Waals surface area contributed by atoms with Crippen molar-refractivity contribution >= 4 is 22.8 Å². The number of aryl methyl sites for hydroxylation is 3. The molecule has 1 saturated carbocycles. The third kappa shape index (κ3) is 2.79. The maximum atomic E-state index is 4.88. The minimum absolute atomic E-state index is 0.355. The Morgan fingerprint density at radius 2 is 1.86 bits per heavy atom. The Balaban J connectivity index is 1.52. The summed E-state index contributed by atoms with van der Waals surface area (Å²) in [4.78, 5) is 18.7. The minimum atomic E-state index is 0.355. The zero-order valence-electron chi connectivity index (χ0n) is 16.3. The van der Waals surface area contributed by atoms with Crippen molar-refractivity contribution in [1.82, 2.24) is 34.3 Å². The lowest BCUT2D eigenvalue weighted by Gasteiger charge is -2.08. The van der Waals surface area contributed by atoms with Crippen molar-refractivity contribution in [2.24, 2.45) is 7.05 Å². The maximum Gasteiger partial charge on any atom is 0.189 e. The van der Waals surface area contributed by atoms with Gasteiger partial charge in [0.15, 0.2) is 11.0 Å². The molecular formula is C20H21N7S. The SMILES string of the molecule is CSc1nc([C@H]2C[C@@H]2c2nc3ccccc3n2C)cc(-n2nc(C)nc2C)n1. The van der Waals surface area contributed by atoms with Gasteiger partial charge in [0.1, 0.15) is 17.5 Å². The van der Waals surface area contributed by atoms with Crippen LogP contribution in [-0.2, 0) is 7.05 Å². The molecule has 142 valence electrons. The van der Waals surface area contributed by atoms with Gasteiger partial charge in [-0.25, -0.2) is 19.9 Å². The van der Waals surface area contributed by atoms with Crippen LogP contribution in [0.25, 0.3) is 16.9 Å². The first-order valence-electron chi connectivity index (χ1n) is 9.30. The summed E-state index contributed by atoms with van der Waals surface area (Å²) in [6.07, 6.45) is 3.05. The second-order valence-electron chi connectivity index (χ2n) is 7.22. The molecule has 0 spiro atoms. The Kier molecular flexibility index (Phi) is 3.97. The molecule has 0 N–H and O–H groups in total. The minimum Gasteiger partial charge on any atom is -0.331 e. The van der Waals surface area contributed by atoms with Crippen LogP contribution in [0.3, 0.4) is 0 Å². The number of fused-ring (bicyclic) bond motifs is 1. The topological polar surface area (TPSA) is 74.3 Å². The fourth-order valence-electron chi connectivity index (χ4n) is 3.86. The normalized spacial score (nSPS) is 18.7. The van der Waals surface area contributed by atoms with Crippen molar-refractivity contribution in [3.63, 3.8) is 0 Å². The van der Waals surface area contributed by atoms with Gasteiger partial charge in [-0.15, -0.1) is 5.10 Å². The molecular weight excluding hydrogens is 370 g/mol. The monoisotopic (exact) mass is 391 g/mol. The molecule has 0 radical (unpaired) electrons. The fraction of sp³-hybridized carbons (Fsp3) is 0.350. The first kappa shape index (κ1) is 17.4. The zero-order valence-corrected chi connectivity index (χ0v) is 17.1. The van der Waals surface area contributed by atoms with Crippen molar-refractivity contribution in [3.8, 4) is 5.82 Å². The van der Waals surface area contributed by atoms with Crippen LogP contribution in [-0.4, -0.2) is 40.5 Å². The highest BCUT2D eigenvalue weighted by atomic mass is 32.2. The molecule has 0 aliphatic heterocycles. The van der Waals surface area contributed by atoms with Crippen LogP contribution in [0.5, 0.6) is 0 Å². The van der Waals surface area contributed by atoms with E-state index in [0.717, 1.165) is 46.1 Å². The van der Waals surface area contributed by atoms with E-state index in [4.69, 9.17) is 9.97 Å². The summed E-state index contributed by atoms with van der Waals surface area (Å²) < 4.78 is 4.01. The molecule has 1 aliphatic carbocycles.